The first kappa shape index (κ1) is 28.6. The number of amides is 4. The van der Waals surface area contributed by atoms with Gasteiger partial charge < -0.3 is 24.4 Å². The van der Waals surface area contributed by atoms with Crippen LogP contribution in [-0.2, 0) is 27.4 Å². The summed E-state index contributed by atoms with van der Waals surface area (Å²) in [4.78, 5) is 43.1. The van der Waals surface area contributed by atoms with E-state index in [1.165, 1.54) is 4.90 Å². The van der Waals surface area contributed by atoms with Crippen LogP contribution in [0.4, 0.5) is 4.79 Å². The fourth-order valence-electron chi connectivity index (χ4n) is 5.53. The van der Waals surface area contributed by atoms with Crippen molar-refractivity contribution in [3.8, 4) is 5.75 Å². The van der Waals surface area contributed by atoms with Gasteiger partial charge in [0.15, 0.2) is 0 Å². The van der Waals surface area contributed by atoms with E-state index in [0.717, 1.165) is 24.0 Å². The first-order valence-electron chi connectivity index (χ1n) is 13.6. The molecule has 1 aliphatic carbocycles. The predicted octanol–water partition coefficient (Wildman–Crippen LogP) is 4.00. The average Bonchev–Trinajstić information content (AvgIpc) is 2.97. The molecule has 39 heavy (non-hydrogen) atoms. The third kappa shape index (κ3) is 6.42. The van der Waals surface area contributed by atoms with Gasteiger partial charge in [-0.15, -0.1) is 0 Å². The van der Waals surface area contributed by atoms with Gasteiger partial charge in [-0.2, -0.15) is 0 Å². The summed E-state index contributed by atoms with van der Waals surface area (Å²) < 4.78 is 16.7. The molecule has 2 aromatic rings. The van der Waals surface area contributed by atoms with E-state index in [0.29, 0.717) is 37.2 Å². The standard InChI is InChI=1S/C30H39N3O6/c1-5-6-14-31-28(34)22-12-10-20(11-13-22)18-33-29(35)24-16-26(38-3)27(39-4)17-25(24)32(30(33)36)19-21-8-7-9-23(15-21)37-2/h7-13,15,24-27H,5-6,14,16-19H2,1-4H3,(H,31,34). The number of fused-ring (bicyclic) bond motifs is 1. The Balaban J connectivity index is 1.57. The second kappa shape index (κ2) is 13.1. The van der Waals surface area contributed by atoms with Crippen LogP contribution in [-0.4, -0.2) is 73.8 Å². The summed E-state index contributed by atoms with van der Waals surface area (Å²) >= 11 is 0. The molecule has 4 amide bonds. The zero-order valence-corrected chi connectivity index (χ0v) is 23.2. The number of benzene rings is 2. The molecular weight excluding hydrogens is 498 g/mol. The summed E-state index contributed by atoms with van der Waals surface area (Å²) in [6, 6.07) is 14.0. The Hall–Kier alpha value is -3.43. The van der Waals surface area contributed by atoms with Crippen LogP contribution >= 0.6 is 0 Å². The minimum Gasteiger partial charge on any atom is -0.497 e. The molecule has 0 radical (unpaired) electrons. The molecule has 1 saturated carbocycles. The highest BCUT2D eigenvalue weighted by Crippen LogP contribution is 2.38. The fourth-order valence-corrected chi connectivity index (χ4v) is 5.53. The highest BCUT2D eigenvalue weighted by atomic mass is 16.5. The van der Waals surface area contributed by atoms with Crippen LogP contribution in [0.3, 0.4) is 0 Å². The normalized spacial score (nSPS) is 23.0. The number of carbonyl (C=O) groups is 3. The van der Waals surface area contributed by atoms with E-state index >= 15 is 0 Å². The van der Waals surface area contributed by atoms with E-state index in [-0.39, 0.29) is 42.6 Å². The monoisotopic (exact) mass is 537 g/mol. The maximum absolute atomic E-state index is 13.9. The van der Waals surface area contributed by atoms with Crippen LogP contribution in [0.25, 0.3) is 0 Å². The van der Waals surface area contributed by atoms with E-state index in [1.807, 2.05) is 24.3 Å². The molecule has 4 atom stereocenters. The van der Waals surface area contributed by atoms with Crippen LogP contribution in [0.2, 0.25) is 0 Å². The summed E-state index contributed by atoms with van der Waals surface area (Å²) in [5, 5.41) is 2.91. The van der Waals surface area contributed by atoms with E-state index in [9.17, 15) is 14.4 Å². The number of hydrogen-bond donors (Lipinski definition) is 1. The minimum atomic E-state index is -0.409. The molecule has 9 nitrogen and oxygen atoms in total. The summed E-state index contributed by atoms with van der Waals surface area (Å²) in [7, 11) is 4.87. The molecule has 9 heteroatoms. The number of nitrogens with one attached hydrogen (secondary N) is 1. The smallest absolute Gasteiger partial charge is 0.327 e. The third-order valence-electron chi connectivity index (χ3n) is 7.76. The van der Waals surface area contributed by atoms with E-state index < -0.39 is 5.92 Å². The van der Waals surface area contributed by atoms with Gasteiger partial charge >= 0.3 is 6.03 Å². The van der Waals surface area contributed by atoms with Gasteiger partial charge in [0, 0.05) is 38.9 Å². The number of unbranched alkanes of at least 4 members (excludes halogenated alkanes) is 1. The van der Waals surface area contributed by atoms with Gasteiger partial charge in [0.05, 0.1) is 31.8 Å². The van der Waals surface area contributed by atoms with Crippen molar-refractivity contribution in [2.75, 3.05) is 27.9 Å². The number of methoxy groups -OCH3 is 3. The zero-order valence-electron chi connectivity index (χ0n) is 23.2. The van der Waals surface area contributed by atoms with Crippen LogP contribution in [0.5, 0.6) is 5.75 Å². The van der Waals surface area contributed by atoms with E-state index in [4.69, 9.17) is 14.2 Å². The lowest BCUT2D eigenvalue weighted by molar-refractivity contribution is -0.152. The zero-order chi connectivity index (χ0) is 27.9. The average molecular weight is 538 g/mol. The lowest BCUT2D eigenvalue weighted by Crippen LogP contribution is -2.64. The molecule has 1 N–H and O–H groups in total. The molecule has 4 unspecified atom stereocenters. The summed E-state index contributed by atoms with van der Waals surface area (Å²) in [6.45, 7) is 3.17. The fraction of sp³-hybridized carbons (Fsp3) is 0.500. The van der Waals surface area contributed by atoms with Crippen molar-refractivity contribution < 1.29 is 28.6 Å². The van der Waals surface area contributed by atoms with Crippen molar-refractivity contribution in [2.24, 2.45) is 5.92 Å². The number of hydrogen-bond acceptors (Lipinski definition) is 6. The largest absolute Gasteiger partial charge is 0.497 e. The van der Waals surface area contributed by atoms with Crippen molar-refractivity contribution in [2.45, 2.75) is 63.9 Å². The predicted molar refractivity (Wildman–Crippen MR) is 146 cm³/mol. The van der Waals surface area contributed by atoms with Crippen molar-refractivity contribution in [1.29, 1.82) is 0 Å². The molecule has 1 heterocycles. The van der Waals surface area contributed by atoms with Gasteiger partial charge in [0.1, 0.15) is 5.75 Å². The van der Waals surface area contributed by atoms with Crippen LogP contribution in [0.15, 0.2) is 48.5 Å². The maximum atomic E-state index is 13.9. The molecule has 0 bridgehead atoms. The number of ether oxygens (including phenoxy) is 3. The van der Waals surface area contributed by atoms with Crippen LogP contribution < -0.4 is 10.1 Å². The topological polar surface area (TPSA) is 97.4 Å². The minimum absolute atomic E-state index is 0.124. The van der Waals surface area contributed by atoms with Crippen LogP contribution in [0, 0.1) is 5.92 Å². The van der Waals surface area contributed by atoms with Crippen molar-refractivity contribution in [3.05, 3.63) is 65.2 Å². The lowest BCUT2D eigenvalue weighted by Gasteiger charge is -2.50. The molecule has 2 aliphatic rings. The van der Waals surface area contributed by atoms with E-state index in [2.05, 4.69) is 12.2 Å². The Bertz CT molecular complexity index is 1150. The van der Waals surface area contributed by atoms with Gasteiger partial charge in [0.25, 0.3) is 5.91 Å². The lowest BCUT2D eigenvalue weighted by atomic mass is 9.77. The third-order valence-corrected chi connectivity index (χ3v) is 7.76. The molecule has 2 aromatic carbocycles. The van der Waals surface area contributed by atoms with Gasteiger partial charge in [-0.1, -0.05) is 37.6 Å². The highest BCUT2D eigenvalue weighted by Gasteiger charge is 2.51. The molecule has 4 rings (SSSR count). The van der Waals surface area contributed by atoms with Gasteiger partial charge in [-0.3, -0.25) is 14.5 Å². The second-order valence-electron chi connectivity index (χ2n) is 10.2. The summed E-state index contributed by atoms with van der Waals surface area (Å²) in [6.07, 6.45) is 2.45. The van der Waals surface area contributed by atoms with Crippen molar-refractivity contribution >= 4 is 17.8 Å². The summed E-state index contributed by atoms with van der Waals surface area (Å²) in [5.74, 6) is -0.0378. The van der Waals surface area contributed by atoms with Gasteiger partial charge in [-0.05, 0) is 54.7 Å². The van der Waals surface area contributed by atoms with Crippen LogP contribution in [0.1, 0.15) is 54.1 Å². The number of carbonyl (C=O) groups excluding carboxylic acids is 3. The number of imide groups is 1. The first-order valence-corrected chi connectivity index (χ1v) is 13.6. The summed E-state index contributed by atoms with van der Waals surface area (Å²) in [5.41, 5.74) is 2.24. The molecule has 210 valence electrons. The Morgan fingerprint density at radius 3 is 2.33 bits per heavy atom. The molecule has 2 fully saturated rings. The number of nitrogens with zero attached hydrogens (tertiary/aromatic N) is 2. The molecular formula is C30H39N3O6. The van der Waals surface area contributed by atoms with Crippen molar-refractivity contribution in [1.82, 2.24) is 15.1 Å². The Labute approximate surface area is 230 Å². The second-order valence-corrected chi connectivity index (χ2v) is 10.2. The Morgan fingerprint density at radius 2 is 1.67 bits per heavy atom. The SMILES string of the molecule is CCCCNC(=O)c1ccc(CN2C(=O)C3CC(OC)C(OC)CC3N(Cc3cccc(OC)c3)C2=O)cc1. The van der Waals surface area contributed by atoms with E-state index in [1.54, 1.807) is 50.5 Å². The Morgan fingerprint density at radius 1 is 0.949 bits per heavy atom. The highest BCUT2D eigenvalue weighted by molar-refractivity contribution is 5.99. The molecule has 0 aromatic heterocycles. The Kier molecular flexibility index (Phi) is 9.59. The maximum Gasteiger partial charge on any atom is 0.327 e. The number of urea groups is 1. The quantitative estimate of drug-likeness (QED) is 0.435. The molecule has 1 aliphatic heterocycles. The van der Waals surface area contributed by atoms with Gasteiger partial charge in [-0.25, -0.2) is 4.79 Å². The number of rotatable bonds is 11. The first-order chi connectivity index (χ1) is 18.9. The van der Waals surface area contributed by atoms with Crippen molar-refractivity contribution in [3.63, 3.8) is 0 Å². The molecule has 0 spiro atoms. The van der Waals surface area contributed by atoms with Gasteiger partial charge in [0.2, 0.25) is 5.91 Å². The molecule has 1 saturated heterocycles.